The molecular weight excluding hydrogens is 376 g/mol. The zero-order chi connectivity index (χ0) is 20.3. The van der Waals surface area contributed by atoms with Crippen LogP contribution >= 0.6 is 0 Å². The van der Waals surface area contributed by atoms with E-state index in [1.165, 1.54) is 19.1 Å². The van der Waals surface area contributed by atoms with Gasteiger partial charge >= 0.3 is 0 Å². The van der Waals surface area contributed by atoms with Crippen LogP contribution in [0.5, 0.6) is 0 Å². The van der Waals surface area contributed by atoms with Gasteiger partial charge in [0, 0.05) is 12.6 Å². The lowest BCUT2D eigenvalue weighted by molar-refractivity contribution is -0.114. The van der Waals surface area contributed by atoms with Crippen LogP contribution in [0.1, 0.15) is 23.9 Å². The summed E-state index contributed by atoms with van der Waals surface area (Å²) >= 11 is 0. The van der Waals surface area contributed by atoms with E-state index in [1.807, 2.05) is 37.3 Å². The summed E-state index contributed by atoms with van der Waals surface area (Å²) in [7, 11) is -3.78. The molecule has 2 aromatic carbocycles. The van der Waals surface area contributed by atoms with Crippen molar-refractivity contribution < 1.29 is 13.2 Å². The molecule has 0 spiro atoms. The highest BCUT2D eigenvalue weighted by Crippen LogP contribution is 2.24. The minimum Gasteiger partial charge on any atom is -0.326 e. The molecule has 0 aliphatic carbocycles. The number of sulfonamides is 1. The Balaban J connectivity index is 1.83. The summed E-state index contributed by atoms with van der Waals surface area (Å²) in [5.41, 5.74) is 3.43. The number of rotatable bonds is 6. The summed E-state index contributed by atoms with van der Waals surface area (Å²) in [4.78, 5) is 11.2. The molecule has 0 unspecified atom stereocenters. The monoisotopic (exact) mass is 398 g/mol. The third-order valence-electron chi connectivity index (χ3n) is 4.28. The molecule has 0 aliphatic rings. The maximum Gasteiger partial charge on any atom is 0.262 e. The Bertz CT molecular complexity index is 1090. The molecule has 1 amide bonds. The number of hydrogen-bond acceptors (Lipinski definition) is 4. The molecule has 7 nitrogen and oxygen atoms in total. The number of benzene rings is 2. The van der Waals surface area contributed by atoms with E-state index in [4.69, 9.17) is 0 Å². The molecule has 0 aliphatic heterocycles. The van der Waals surface area contributed by atoms with Gasteiger partial charge in [0.15, 0.2) is 0 Å². The average molecular weight is 398 g/mol. The number of aromatic nitrogens is 2. The van der Waals surface area contributed by atoms with Gasteiger partial charge in [-0.05, 0) is 43.7 Å². The second-order valence-electron chi connectivity index (χ2n) is 6.50. The van der Waals surface area contributed by atoms with Gasteiger partial charge in [-0.15, -0.1) is 0 Å². The molecule has 146 valence electrons. The van der Waals surface area contributed by atoms with E-state index >= 15 is 0 Å². The normalized spacial score (nSPS) is 11.2. The first-order valence-electron chi connectivity index (χ1n) is 8.74. The predicted octanol–water partition coefficient (Wildman–Crippen LogP) is 3.31. The van der Waals surface area contributed by atoms with Gasteiger partial charge in [-0.2, -0.15) is 5.10 Å². The van der Waals surface area contributed by atoms with Gasteiger partial charge in [-0.1, -0.05) is 30.3 Å². The standard InChI is InChI=1S/C20H22N4O3S/c1-14-20(15(2)24(22-14)13-17-7-5-4-6-8-17)23-28(26,27)19-11-9-18(10-12-19)21-16(3)25/h4-12,23H,13H2,1-3H3,(H,21,25). The second-order valence-corrected chi connectivity index (χ2v) is 8.18. The number of nitrogens with zero attached hydrogens (tertiary/aromatic N) is 2. The Labute approximate surface area is 164 Å². The van der Waals surface area contributed by atoms with Crippen LogP contribution in [0, 0.1) is 13.8 Å². The van der Waals surface area contributed by atoms with Crippen LogP contribution in [0.3, 0.4) is 0 Å². The second kappa shape index (κ2) is 7.85. The summed E-state index contributed by atoms with van der Waals surface area (Å²) in [5.74, 6) is -0.217. The number of anilines is 2. The fraction of sp³-hybridized carbons (Fsp3) is 0.200. The van der Waals surface area contributed by atoms with Gasteiger partial charge in [0.1, 0.15) is 0 Å². The molecule has 0 atom stereocenters. The van der Waals surface area contributed by atoms with Crippen LogP contribution in [-0.2, 0) is 21.4 Å². The topological polar surface area (TPSA) is 93.1 Å². The number of aryl methyl sites for hydroxylation is 1. The van der Waals surface area contributed by atoms with Crippen molar-refractivity contribution in [1.29, 1.82) is 0 Å². The summed E-state index contributed by atoms with van der Waals surface area (Å²) < 4.78 is 30.0. The van der Waals surface area contributed by atoms with Crippen molar-refractivity contribution in [2.24, 2.45) is 0 Å². The Morgan fingerprint density at radius 1 is 1.04 bits per heavy atom. The third kappa shape index (κ3) is 4.40. The zero-order valence-corrected chi connectivity index (χ0v) is 16.7. The first-order chi connectivity index (χ1) is 13.3. The molecule has 0 saturated heterocycles. The maximum atomic E-state index is 12.8. The summed E-state index contributed by atoms with van der Waals surface area (Å²) in [6.45, 7) is 5.55. The summed E-state index contributed by atoms with van der Waals surface area (Å²) in [6.07, 6.45) is 0. The number of hydrogen-bond donors (Lipinski definition) is 2. The minimum atomic E-state index is -3.78. The average Bonchev–Trinajstić information content (AvgIpc) is 2.90. The van der Waals surface area contributed by atoms with Gasteiger partial charge < -0.3 is 5.32 Å². The fourth-order valence-corrected chi connectivity index (χ4v) is 4.05. The SMILES string of the molecule is CC(=O)Nc1ccc(S(=O)(=O)Nc2c(C)nn(Cc3ccccc3)c2C)cc1. The number of carbonyl (C=O) groups excluding carboxylic acids is 1. The largest absolute Gasteiger partial charge is 0.326 e. The molecule has 3 rings (SSSR count). The molecule has 2 N–H and O–H groups in total. The van der Waals surface area contributed by atoms with Crippen molar-refractivity contribution >= 4 is 27.3 Å². The van der Waals surface area contributed by atoms with E-state index in [0.717, 1.165) is 11.3 Å². The minimum absolute atomic E-state index is 0.108. The highest BCUT2D eigenvalue weighted by molar-refractivity contribution is 7.92. The lowest BCUT2D eigenvalue weighted by atomic mass is 10.2. The van der Waals surface area contributed by atoms with Crippen LogP contribution in [0.2, 0.25) is 0 Å². The van der Waals surface area contributed by atoms with Crippen molar-refractivity contribution in [3.63, 3.8) is 0 Å². The molecule has 0 fully saturated rings. The highest BCUT2D eigenvalue weighted by atomic mass is 32.2. The van der Waals surface area contributed by atoms with Gasteiger partial charge in [-0.25, -0.2) is 8.42 Å². The maximum absolute atomic E-state index is 12.8. The number of carbonyl (C=O) groups is 1. The van der Waals surface area contributed by atoms with E-state index in [-0.39, 0.29) is 10.8 Å². The van der Waals surface area contributed by atoms with Crippen molar-refractivity contribution in [2.45, 2.75) is 32.2 Å². The first kappa shape index (κ1) is 19.6. The van der Waals surface area contributed by atoms with Crippen molar-refractivity contribution in [2.75, 3.05) is 10.0 Å². The highest BCUT2D eigenvalue weighted by Gasteiger charge is 2.20. The Morgan fingerprint density at radius 3 is 2.29 bits per heavy atom. The Hall–Kier alpha value is -3.13. The molecule has 3 aromatic rings. The lowest BCUT2D eigenvalue weighted by Crippen LogP contribution is -2.14. The molecule has 1 aromatic heterocycles. The van der Waals surface area contributed by atoms with Crippen LogP contribution in [-0.4, -0.2) is 24.1 Å². The van der Waals surface area contributed by atoms with Crippen LogP contribution in [0.4, 0.5) is 11.4 Å². The lowest BCUT2D eigenvalue weighted by Gasteiger charge is -2.10. The first-order valence-corrected chi connectivity index (χ1v) is 10.2. The molecular formula is C20H22N4O3S. The van der Waals surface area contributed by atoms with E-state index in [1.54, 1.807) is 23.7 Å². The molecule has 0 bridgehead atoms. The van der Waals surface area contributed by atoms with E-state index in [2.05, 4.69) is 15.1 Å². The summed E-state index contributed by atoms with van der Waals surface area (Å²) in [6, 6.07) is 15.8. The zero-order valence-electron chi connectivity index (χ0n) is 15.9. The quantitative estimate of drug-likeness (QED) is 0.666. The van der Waals surface area contributed by atoms with Gasteiger partial charge in [0.05, 0.1) is 28.5 Å². The molecule has 0 saturated carbocycles. The van der Waals surface area contributed by atoms with Crippen LogP contribution in [0.25, 0.3) is 0 Å². The van der Waals surface area contributed by atoms with Gasteiger partial charge in [-0.3, -0.25) is 14.2 Å². The van der Waals surface area contributed by atoms with Gasteiger partial charge in [0.2, 0.25) is 5.91 Å². The number of nitrogens with one attached hydrogen (secondary N) is 2. The smallest absolute Gasteiger partial charge is 0.262 e. The molecule has 1 heterocycles. The fourth-order valence-electron chi connectivity index (χ4n) is 2.87. The van der Waals surface area contributed by atoms with E-state index < -0.39 is 10.0 Å². The number of amides is 1. The third-order valence-corrected chi connectivity index (χ3v) is 5.64. The Kier molecular flexibility index (Phi) is 5.51. The van der Waals surface area contributed by atoms with Crippen molar-refractivity contribution in [1.82, 2.24) is 9.78 Å². The van der Waals surface area contributed by atoms with Crippen molar-refractivity contribution in [3.05, 3.63) is 71.5 Å². The molecule has 0 radical (unpaired) electrons. The predicted molar refractivity (Wildman–Crippen MR) is 109 cm³/mol. The molecule has 28 heavy (non-hydrogen) atoms. The van der Waals surface area contributed by atoms with Crippen LogP contribution in [0.15, 0.2) is 59.5 Å². The van der Waals surface area contributed by atoms with E-state index in [9.17, 15) is 13.2 Å². The van der Waals surface area contributed by atoms with Gasteiger partial charge in [0.25, 0.3) is 10.0 Å². The van der Waals surface area contributed by atoms with Crippen molar-refractivity contribution in [3.8, 4) is 0 Å². The molecule has 8 heteroatoms. The summed E-state index contributed by atoms with van der Waals surface area (Å²) in [5, 5.41) is 7.08. The van der Waals surface area contributed by atoms with Crippen LogP contribution < -0.4 is 10.0 Å². The Morgan fingerprint density at radius 2 is 1.68 bits per heavy atom. The van der Waals surface area contributed by atoms with E-state index in [0.29, 0.717) is 23.6 Å².